The summed E-state index contributed by atoms with van der Waals surface area (Å²) in [5.74, 6) is -0.00678. The number of aromatic amines is 1. The number of amides is 1. The summed E-state index contributed by atoms with van der Waals surface area (Å²) in [7, 11) is 0. The Morgan fingerprint density at radius 2 is 1.75 bits per heavy atom. The van der Waals surface area contributed by atoms with Gasteiger partial charge in [0.15, 0.2) is 17.1 Å². The molecule has 5 aromatic rings. The van der Waals surface area contributed by atoms with Crippen LogP contribution in [0, 0.1) is 0 Å². The van der Waals surface area contributed by atoms with Gasteiger partial charge >= 0.3 is 0 Å². The Labute approximate surface area is 229 Å². The molecule has 4 aromatic heterocycles. The van der Waals surface area contributed by atoms with Crippen molar-refractivity contribution in [3.05, 3.63) is 78.0 Å². The van der Waals surface area contributed by atoms with Crippen molar-refractivity contribution in [2.75, 3.05) is 5.73 Å². The first kappa shape index (κ1) is 24.1. The van der Waals surface area contributed by atoms with Crippen LogP contribution in [0.4, 0.5) is 5.82 Å². The van der Waals surface area contributed by atoms with Crippen LogP contribution in [0.5, 0.6) is 0 Å². The molecule has 0 spiro atoms. The molecule has 2 aliphatic rings. The van der Waals surface area contributed by atoms with Gasteiger partial charge in [0.25, 0.3) is 5.91 Å². The summed E-state index contributed by atoms with van der Waals surface area (Å²) < 4.78 is 1.54. The number of carbonyl (C=O) groups is 2. The van der Waals surface area contributed by atoms with Gasteiger partial charge in [-0.2, -0.15) is 25.0 Å². The van der Waals surface area contributed by atoms with Crippen molar-refractivity contribution in [1.29, 1.82) is 0 Å². The first-order valence-electron chi connectivity index (χ1n) is 13.4. The highest BCUT2D eigenvalue weighted by molar-refractivity contribution is 6.00. The number of hydrogen-bond donors (Lipinski definition) is 2. The standard InChI is InChI=1S/C29H27N9O2/c1-16(39)25-26(19-11-20-8-9-21(12-19)37(20)29(40)24-15-32-36-35-24)34-28-22(14-33-38(28)27(25)30)18-7-10-23(31-13-18)17-5-3-2-4-6-17/h2-7,10,13-15,19-21H,8-9,11-12,30H2,1H3,(H,32,35,36). The van der Waals surface area contributed by atoms with Crippen molar-refractivity contribution in [2.45, 2.75) is 50.6 Å². The smallest absolute Gasteiger partial charge is 0.276 e. The van der Waals surface area contributed by atoms with E-state index in [9.17, 15) is 9.59 Å². The molecular weight excluding hydrogens is 506 g/mol. The van der Waals surface area contributed by atoms with Crippen LogP contribution in [0.25, 0.3) is 28.0 Å². The maximum atomic E-state index is 13.1. The van der Waals surface area contributed by atoms with E-state index < -0.39 is 0 Å². The molecule has 0 radical (unpaired) electrons. The largest absolute Gasteiger partial charge is 0.383 e. The van der Waals surface area contributed by atoms with E-state index in [1.165, 1.54) is 13.1 Å². The normalized spacial score (nSPS) is 20.2. The number of aromatic nitrogens is 7. The molecule has 2 bridgehead atoms. The molecule has 3 N–H and O–H groups in total. The number of rotatable bonds is 5. The van der Waals surface area contributed by atoms with E-state index in [-0.39, 0.29) is 35.5 Å². The van der Waals surface area contributed by atoms with Crippen LogP contribution in [0.1, 0.15) is 65.1 Å². The first-order valence-corrected chi connectivity index (χ1v) is 13.4. The highest BCUT2D eigenvalue weighted by atomic mass is 16.2. The zero-order chi connectivity index (χ0) is 27.4. The van der Waals surface area contributed by atoms with Crippen LogP contribution in [0.2, 0.25) is 0 Å². The van der Waals surface area contributed by atoms with Crippen molar-refractivity contribution >= 4 is 23.2 Å². The molecule has 6 heterocycles. The van der Waals surface area contributed by atoms with E-state index in [4.69, 9.17) is 10.7 Å². The van der Waals surface area contributed by atoms with E-state index in [0.717, 1.165) is 35.2 Å². The second-order valence-electron chi connectivity index (χ2n) is 10.5. The van der Waals surface area contributed by atoms with Crippen molar-refractivity contribution < 1.29 is 9.59 Å². The number of fused-ring (bicyclic) bond motifs is 3. The lowest BCUT2D eigenvalue weighted by molar-refractivity contribution is 0.0562. The highest BCUT2D eigenvalue weighted by Gasteiger charge is 2.45. The van der Waals surface area contributed by atoms with Crippen molar-refractivity contribution in [2.24, 2.45) is 0 Å². The third-order valence-corrected chi connectivity index (χ3v) is 8.20. The number of nitrogens with two attached hydrogens (primary N) is 1. The predicted molar refractivity (Wildman–Crippen MR) is 147 cm³/mol. The predicted octanol–water partition coefficient (Wildman–Crippen LogP) is 3.91. The molecular formula is C29H27N9O2. The summed E-state index contributed by atoms with van der Waals surface area (Å²) in [4.78, 5) is 37.7. The van der Waals surface area contributed by atoms with E-state index in [0.29, 0.717) is 35.4 Å². The molecule has 7 rings (SSSR count). The van der Waals surface area contributed by atoms with Crippen LogP contribution in [0.15, 0.2) is 61.1 Å². The summed E-state index contributed by atoms with van der Waals surface area (Å²) in [5.41, 5.74) is 12.1. The van der Waals surface area contributed by atoms with E-state index in [1.54, 1.807) is 10.7 Å². The molecule has 2 fully saturated rings. The maximum absolute atomic E-state index is 13.1. The molecule has 2 saturated heterocycles. The topological polar surface area (TPSA) is 148 Å². The minimum absolute atomic E-state index is 0.0219. The molecule has 11 heteroatoms. The fourth-order valence-electron chi connectivity index (χ4n) is 6.39. The Morgan fingerprint density at radius 3 is 2.40 bits per heavy atom. The molecule has 2 unspecified atom stereocenters. The molecule has 1 aromatic carbocycles. The van der Waals surface area contributed by atoms with Crippen molar-refractivity contribution in [3.63, 3.8) is 0 Å². The van der Waals surface area contributed by atoms with E-state index >= 15 is 0 Å². The Bertz CT molecular complexity index is 1720. The van der Waals surface area contributed by atoms with Crippen LogP contribution >= 0.6 is 0 Å². The Kier molecular flexibility index (Phi) is 5.65. The van der Waals surface area contributed by atoms with Gasteiger partial charge in [-0.15, -0.1) is 0 Å². The molecule has 2 atom stereocenters. The van der Waals surface area contributed by atoms with Gasteiger partial charge < -0.3 is 10.6 Å². The summed E-state index contributed by atoms with van der Waals surface area (Å²) in [6, 6.07) is 14.0. The minimum atomic E-state index is -0.152. The Balaban J connectivity index is 1.26. The van der Waals surface area contributed by atoms with Gasteiger partial charge in [0.1, 0.15) is 5.82 Å². The van der Waals surface area contributed by atoms with E-state index in [1.807, 2.05) is 53.6 Å². The van der Waals surface area contributed by atoms with Gasteiger partial charge in [0.05, 0.1) is 29.3 Å². The SMILES string of the molecule is CC(=O)c1c(C2CC3CCC(C2)N3C(=O)c2cn[nH]n2)nc2c(-c3ccc(-c4ccccc4)nc3)cnn2c1N. The number of nitrogen functional groups attached to an aromatic ring is 1. The zero-order valence-corrected chi connectivity index (χ0v) is 21.9. The minimum Gasteiger partial charge on any atom is -0.383 e. The van der Waals surface area contributed by atoms with Crippen molar-refractivity contribution in [3.8, 4) is 22.4 Å². The average molecular weight is 534 g/mol. The number of pyridine rings is 1. The second-order valence-corrected chi connectivity index (χ2v) is 10.5. The Hall–Kier alpha value is -4.93. The third kappa shape index (κ3) is 3.84. The number of ketones is 1. The summed E-state index contributed by atoms with van der Waals surface area (Å²) >= 11 is 0. The number of nitrogens with one attached hydrogen (secondary N) is 1. The fraction of sp³-hybridized carbons (Fsp3) is 0.276. The average Bonchev–Trinajstić information content (AvgIpc) is 3.71. The molecule has 0 saturated carbocycles. The van der Waals surface area contributed by atoms with Crippen LogP contribution in [0.3, 0.4) is 0 Å². The van der Waals surface area contributed by atoms with E-state index in [2.05, 4.69) is 25.5 Å². The molecule has 0 aliphatic carbocycles. The second kappa shape index (κ2) is 9.37. The van der Waals surface area contributed by atoms with Crippen molar-refractivity contribution in [1.82, 2.24) is 39.9 Å². The summed E-state index contributed by atoms with van der Waals surface area (Å²) in [6.45, 7) is 1.51. The quantitative estimate of drug-likeness (QED) is 0.323. The monoisotopic (exact) mass is 533 g/mol. The number of H-pyrrole nitrogens is 1. The number of nitrogens with zero attached hydrogens (tertiary/aromatic N) is 7. The van der Waals surface area contributed by atoms with Gasteiger partial charge in [-0.3, -0.25) is 14.6 Å². The number of hydrogen-bond acceptors (Lipinski definition) is 8. The number of benzene rings is 1. The maximum Gasteiger partial charge on any atom is 0.276 e. The van der Waals surface area contributed by atoms with Gasteiger partial charge in [0, 0.05) is 40.9 Å². The summed E-state index contributed by atoms with van der Waals surface area (Å²) in [5, 5.41) is 14.8. The highest BCUT2D eigenvalue weighted by Crippen LogP contribution is 2.45. The first-order chi connectivity index (χ1) is 19.5. The van der Waals surface area contributed by atoms with Gasteiger partial charge in [0.2, 0.25) is 0 Å². The Morgan fingerprint density at radius 1 is 0.975 bits per heavy atom. The van der Waals surface area contributed by atoms with Crippen LogP contribution in [-0.2, 0) is 0 Å². The molecule has 11 nitrogen and oxygen atoms in total. The zero-order valence-electron chi connectivity index (χ0n) is 21.9. The lowest BCUT2D eigenvalue weighted by atomic mass is 9.85. The number of anilines is 1. The number of carbonyl (C=O) groups excluding carboxylic acids is 2. The molecule has 1 amide bonds. The number of Topliss-reactive ketones (excluding diaryl/α,β-unsaturated/α-hetero) is 1. The van der Waals surface area contributed by atoms with Gasteiger partial charge in [-0.1, -0.05) is 36.4 Å². The fourth-order valence-corrected chi connectivity index (χ4v) is 6.39. The summed E-state index contributed by atoms with van der Waals surface area (Å²) in [6.07, 6.45) is 8.17. The van der Waals surface area contributed by atoms with Gasteiger partial charge in [-0.25, -0.2) is 4.98 Å². The van der Waals surface area contributed by atoms with Gasteiger partial charge in [-0.05, 0) is 38.7 Å². The molecule has 200 valence electrons. The lowest BCUT2D eigenvalue weighted by Gasteiger charge is -2.38. The molecule has 40 heavy (non-hydrogen) atoms. The third-order valence-electron chi connectivity index (χ3n) is 8.20. The molecule has 2 aliphatic heterocycles. The number of piperidine rings is 1. The van der Waals surface area contributed by atoms with Crippen LogP contribution in [-0.4, -0.2) is 63.7 Å². The van der Waals surface area contributed by atoms with Crippen LogP contribution < -0.4 is 5.73 Å². The lowest BCUT2D eigenvalue weighted by Crippen LogP contribution is -2.46.